The van der Waals surface area contributed by atoms with Crippen LogP contribution in [0.5, 0.6) is 0 Å². The Bertz CT molecular complexity index is 117. The molecule has 1 saturated heterocycles. The molecule has 0 amide bonds. The van der Waals surface area contributed by atoms with Crippen LogP contribution in [0.15, 0.2) is 0 Å². The molecule has 1 heterocycles. The van der Waals surface area contributed by atoms with E-state index in [0.717, 1.165) is 19.5 Å². The number of hydrogen-bond acceptors (Lipinski definition) is 2. The van der Waals surface area contributed by atoms with Crippen LogP contribution >= 0.6 is 0 Å². The van der Waals surface area contributed by atoms with Gasteiger partial charge in [-0.15, -0.1) is 0 Å². The molecule has 1 rings (SSSR count). The lowest BCUT2D eigenvalue weighted by Crippen LogP contribution is -2.28. The number of piperidine rings is 1. The lowest BCUT2D eigenvalue weighted by molar-refractivity contribution is -0.118. The number of hydrogen-bond donors (Lipinski definition) is 1. The van der Waals surface area contributed by atoms with Crippen LogP contribution in [0.2, 0.25) is 0 Å². The Morgan fingerprint density at radius 3 is 1.93 bits per heavy atom. The average molecular weight is 201 g/mol. The van der Waals surface area contributed by atoms with Gasteiger partial charge in [-0.1, -0.05) is 27.7 Å². The number of carbonyl (C=O) groups is 1. The molecule has 14 heavy (non-hydrogen) atoms. The predicted octanol–water partition coefficient (Wildman–Crippen LogP) is 3.02. The molecule has 0 aromatic rings. The van der Waals surface area contributed by atoms with E-state index in [1.807, 2.05) is 27.7 Å². The van der Waals surface area contributed by atoms with E-state index in [-0.39, 0.29) is 0 Å². The van der Waals surface area contributed by atoms with Crippen LogP contribution in [0, 0.1) is 5.92 Å². The maximum Gasteiger partial charge on any atom is 0.130 e. The van der Waals surface area contributed by atoms with E-state index < -0.39 is 0 Å². The minimum atomic E-state index is 0.340. The summed E-state index contributed by atoms with van der Waals surface area (Å²) in [7, 11) is 0. The molecule has 0 aromatic heterocycles. The van der Waals surface area contributed by atoms with Crippen molar-refractivity contribution in [2.75, 3.05) is 13.1 Å². The molecule has 1 aliphatic rings. The second-order valence-corrected chi connectivity index (χ2v) is 3.10. The lowest BCUT2D eigenvalue weighted by atomic mass is 9.93. The summed E-state index contributed by atoms with van der Waals surface area (Å²) in [6.07, 6.45) is 3.15. The van der Waals surface area contributed by atoms with Gasteiger partial charge >= 0.3 is 0 Å². The van der Waals surface area contributed by atoms with Crippen LogP contribution < -0.4 is 5.32 Å². The zero-order valence-corrected chi connectivity index (χ0v) is 10.5. The zero-order valence-electron chi connectivity index (χ0n) is 10.5. The summed E-state index contributed by atoms with van der Waals surface area (Å²) in [4.78, 5) is 10.7. The molecule has 1 fully saturated rings. The third-order valence-corrected chi connectivity index (χ3v) is 2.03. The summed E-state index contributed by atoms with van der Waals surface area (Å²) in [5, 5.41) is 3.28. The van der Waals surface area contributed by atoms with Gasteiger partial charge in [-0.05, 0) is 38.8 Å². The third-order valence-electron chi connectivity index (χ3n) is 2.03. The molecule has 0 spiro atoms. The number of ketones is 1. The highest BCUT2D eigenvalue weighted by Crippen LogP contribution is 2.15. The van der Waals surface area contributed by atoms with Crippen molar-refractivity contribution in [1.29, 1.82) is 0 Å². The third kappa shape index (κ3) is 9.72. The van der Waals surface area contributed by atoms with Crippen molar-refractivity contribution in [3.63, 3.8) is 0 Å². The minimum absolute atomic E-state index is 0.340. The van der Waals surface area contributed by atoms with Gasteiger partial charge < -0.3 is 10.1 Å². The first-order valence-corrected chi connectivity index (χ1v) is 5.99. The minimum Gasteiger partial charge on any atom is -0.317 e. The number of rotatable bonds is 2. The molecule has 0 bridgehead atoms. The smallest absolute Gasteiger partial charge is 0.130 e. The van der Waals surface area contributed by atoms with Crippen LogP contribution in [0.3, 0.4) is 0 Å². The van der Waals surface area contributed by atoms with E-state index in [4.69, 9.17) is 0 Å². The first-order chi connectivity index (χ1) is 6.79. The Morgan fingerprint density at radius 2 is 1.57 bits per heavy atom. The van der Waals surface area contributed by atoms with Gasteiger partial charge in [0.25, 0.3) is 0 Å². The fourth-order valence-corrected chi connectivity index (χ4v) is 1.49. The van der Waals surface area contributed by atoms with Crippen molar-refractivity contribution >= 4 is 5.78 Å². The van der Waals surface area contributed by atoms with Crippen molar-refractivity contribution < 1.29 is 4.79 Å². The van der Waals surface area contributed by atoms with E-state index in [1.165, 1.54) is 12.8 Å². The molecule has 0 radical (unpaired) electrons. The lowest BCUT2D eigenvalue weighted by Gasteiger charge is -2.20. The summed E-state index contributed by atoms with van der Waals surface area (Å²) in [6.45, 7) is 11.9. The monoisotopic (exact) mass is 201 g/mol. The molecule has 86 valence electrons. The predicted molar refractivity (Wildman–Crippen MR) is 63.6 cm³/mol. The van der Waals surface area contributed by atoms with Crippen molar-refractivity contribution in [2.24, 2.45) is 5.92 Å². The summed E-state index contributed by atoms with van der Waals surface area (Å²) in [6, 6.07) is 0. The molecule has 0 atom stereocenters. The highest BCUT2D eigenvalue weighted by atomic mass is 16.1. The van der Waals surface area contributed by atoms with Gasteiger partial charge in [0, 0.05) is 6.42 Å². The Morgan fingerprint density at radius 1 is 1.14 bits per heavy atom. The van der Waals surface area contributed by atoms with Gasteiger partial charge in [0.1, 0.15) is 5.78 Å². The maximum absolute atomic E-state index is 10.7. The van der Waals surface area contributed by atoms with E-state index in [9.17, 15) is 4.79 Å². The summed E-state index contributed by atoms with van der Waals surface area (Å²) < 4.78 is 0. The Balaban J connectivity index is 0. The molecular weight excluding hydrogens is 174 g/mol. The van der Waals surface area contributed by atoms with Gasteiger partial charge in [0.05, 0.1) is 0 Å². The Hall–Kier alpha value is -0.370. The summed E-state index contributed by atoms with van der Waals surface area (Å²) >= 11 is 0. The number of Topliss-reactive ketones (excluding diaryl/α,β-unsaturated/α-hetero) is 1. The van der Waals surface area contributed by atoms with Crippen molar-refractivity contribution in [1.82, 2.24) is 5.32 Å². The van der Waals surface area contributed by atoms with Crippen LogP contribution in [0.25, 0.3) is 0 Å². The number of carbonyl (C=O) groups excluding carboxylic acids is 1. The largest absolute Gasteiger partial charge is 0.317 e. The van der Waals surface area contributed by atoms with Gasteiger partial charge in [-0.25, -0.2) is 0 Å². The zero-order chi connectivity index (χ0) is 11.4. The van der Waals surface area contributed by atoms with E-state index in [2.05, 4.69) is 5.32 Å². The van der Waals surface area contributed by atoms with E-state index in [1.54, 1.807) is 6.92 Å². The molecule has 1 aliphatic heterocycles. The van der Waals surface area contributed by atoms with Crippen LogP contribution in [0.4, 0.5) is 0 Å². The fourth-order valence-electron chi connectivity index (χ4n) is 1.49. The first kappa shape index (κ1) is 16.1. The summed E-state index contributed by atoms with van der Waals surface area (Å²) in [5.41, 5.74) is 0. The highest BCUT2D eigenvalue weighted by molar-refractivity contribution is 5.75. The van der Waals surface area contributed by atoms with Gasteiger partial charge in [-0.2, -0.15) is 0 Å². The molecule has 1 N–H and O–H groups in total. The highest BCUT2D eigenvalue weighted by Gasteiger charge is 2.13. The normalized spacial score (nSPS) is 15.8. The summed E-state index contributed by atoms with van der Waals surface area (Å²) in [5.74, 6) is 1.01. The quantitative estimate of drug-likeness (QED) is 0.744. The molecule has 0 unspecified atom stereocenters. The maximum atomic E-state index is 10.7. The molecule has 0 saturated carbocycles. The van der Waals surface area contributed by atoms with Gasteiger partial charge in [0.2, 0.25) is 0 Å². The van der Waals surface area contributed by atoms with Crippen molar-refractivity contribution in [2.45, 2.75) is 53.9 Å². The van der Waals surface area contributed by atoms with E-state index in [0.29, 0.717) is 11.7 Å². The van der Waals surface area contributed by atoms with E-state index >= 15 is 0 Å². The Labute approximate surface area is 89.5 Å². The molecule has 2 nitrogen and oxygen atoms in total. The average Bonchev–Trinajstić information content (AvgIpc) is 2.24. The standard InChI is InChI=1S/C8H15NO.2C2H6/c1-7(10)6-8-2-4-9-5-3-8;2*1-2/h8-9H,2-6H2,1H3;2*1-2H3. The van der Waals surface area contributed by atoms with Crippen molar-refractivity contribution in [3.05, 3.63) is 0 Å². The topological polar surface area (TPSA) is 29.1 Å². The van der Waals surface area contributed by atoms with Gasteiger partial charge in [0.15, 0.2) is 0 Å². The molecular formula is C12H27NO. The molecule has 2 heteroatoms. The second-order valence-electron chi connectivity index (χ2n) is 3.10. The fraction of sp³-hybridized carbons (Fsp3) is 0.917. The van der Waals surface area contributed by atoms with Gasteiger partial charge in [-0.3, -0.25) is 0 Å². The second kappa shape index (κ2) is 12.6. The Kier molecular flexibility index (Phi) is 14.5. The van der Waals surface area contributed by atoms with Crippen LogP contribution in [-0.2, 0) is 4.79 Å². The van der Waals surface area contributed by atoms with Crippen LogP contribution in [0.1, 0.15) is 53.9 Å². The first-order valence-electron chi connectivity index (χ1n) is 5.99. The van der Waals surface area contributed by atoms with Crippen molar-refractivity contribution in [3.8, 4) is 0 Å². The number of nitrogens with one attached hydrogen (secondary N) is 1. The van der Waals surface area contributed by atoms with Crippen LogP contribution in [-0.4, -0.2) is 18.9 Å². The molecule has 0 aromatic carbocycles. The molecule has 0 aliphatic carbocycles. The SMILES string of the molecule is CC.CC.CC(=O)CC1CCNCC1.